The van der Waals surface area contributed by atoms with E-state index in [-0.39, 0.29) is 29.8 Å². The predicted octanol–water partition coefficient (Wildman–Crippen LogP) is 9.68. The van der Waals surface area contributed by atoms with Crippen molar-refractivity contribution in [3.8, 4) is 28.5 Å². The van der Waals surface area contributed by atoms with Crippen LogP contribution in [-0.4, -0.2) is 112 Å². The van der Waals surface area contributed by atoms with E-state index < -0.39 is 5.97 Å². The molecule has 0 saturated carbocycles. The third kappa shape index (κ3) is 12.2. The molecule has 1 N–H and O–H groups in total. The fourth-order valence-electron chi connectivity index (χ4n) is 13.3. The van der Waals surface area contributed by atoms with Crippen LogP contribution < -0.4 is 29.5 Å². The van der Waals surface area contributed by atoms with Crippen LogP contribution in [0, 0.1) is 12.8 Å². The van der Waals surface area contributed by atoms with Gasteiger partial charge >= 0.3 is 11.9 Å². The van der Waals surface area contributed by atoms with E-state index in [9.17, 15) is 19.5 Å². The summed E-state index contributed by atoms with van der Waals surface area (Å²) in [6, 6.07) is 17.8. The number of hydrogen-bond acceptors (Lipinski definition) is 12. The summed E-state index contributed by atoms with van der Waals surface area (Å²) < 4.78 is 38.9. The van der Waals surface area contributed by atoms with E-state index in [1.165, 1.54) is 44.4 Å². The second kappa shape index (κ2) is 25.5. The van der Waals surface area contributed by atoms with Crippen LogP contribution in [-0.2, 0) is 62.3 Å². The second-order valence-corrected chi connectivity index (χ2v) is 23.1. The Labute approximate surface area is 470 Å². The zero-order valence-corrected chi connectivity index (χ0v) is 47.3. The molecule has 0 spiro atoms. The molecule has 11 rings (SSSR count). The Morgan fingerprint density at radius 3 is 2.21 bits per heavy atom. The lowest BCUT2D eigenvalue weighted by Crippen LogP contribution is -2.45. The van der Waals surface area contributed by atoms with Crippen LogP contribution in [0.4, 0.5) is 5.69 Å². The molecule has 5 aromatic rings. The highest BCUT2D eigenvalue weighted by Gasteiger charge is 2.37. The molecule has 4 aromatic carbocycles. The van der Waals surface area contributed by atoms with Gasteiger partial charge < -0.3 is 38.4 Å². The number of benzene rings is 4. The quantitative estimate of drug-likeness (QED) is 0.0280. The van der Waals surface area contributed by atoms with Gasteiger partial charge in [-0.3, -0.25) is 9.59 Å². The topological polar surface area (TPSA) is 159 Å². The Morgan fingerprint density at radius 2 is 1.43 bits per heavy atom. The highest BCUT2D eigenvalue weighted by atomic mass is 16.6. The molecule has 0 amide bonds. The van der Waals surface area contributed by atoms with Crippen LogP contribution in [0.3, 0.4) is 0 Å². The molecule has 6 heterocycles. The lowest BCUT2D eigenvalue weighted by atomic mass is 9.81. The molecule has 0 bridgehead atoms. The van der Waals surface area contributed by atoms with Gasteiger partial charge in [0.1, 0.15) is 43.0 Å². The second-order valence-electron chi connectivity index (χ2n) is 23.1. The van der Waals surface area contributed by atoms with E-state index in [1.807, 2.05) is 43.3 Å². The minimum atomic E-state index is -1.05. The smallest absolute Gasteiger partial charge is 0.336 e. The molecule has 0 saturated heterocycles. The van der Waals surface area contributed by atoms with Crippen molar-refractivity contribution < 1.29 is 47.9 Å². The van der Waals surface area contributed by atoms with Gasteiger partial charge in [0.25, 0.3) is 0 Å². The van der Waals surface area contributed by atoms with E-state index in [1.54, 1.807) is 6.07 Å². The van der Waals surface area contributed by atoms with Gasteiger partial charge in [-0.15, -0.1) is 5.10 Å². The molecular formula is C66H79N4O10+. The molecule has 80 heavy (non-hydrogen) atoms. The van der Waals surface area contributed by atoms with Crippen molar-refractivity contribution in [3.05, 3.63) is 127 Å². The van der Waals surface area contributed by atoms with Crippen LogP contribution in [0.1, 0.15) is 162 Å². The van der Waals surface area contributed by atoms with Crippen molar-refractivity contribution in [1.29, 1.82) is 0 Å². The number of Topliss-reactive ketones (excluding diaryl/α,β-unsaturated/α-hetero) is 1. The Kier molecular flexibility index (Phi) is 17.7. The SMILES string of the molecule is Cc1nnc(-c2ccc(OCCOCCOCCOCCCC(=O)c3ccc(C4=c5cc6c7c(c5Oc5c4cc4c8c5CCCN8CCC4)CCC[N+]=7CCC6)c(C(=O)O)c3)cc2)c2c1CCC(OC(=O)CCCC(C)C)CCC2. The molecule has 5 aliphatic heterocycles. The number of aromatic nitrogens is 2. The average Bonchev–Trinajstić information content (AvgIpc) is 3.64. The lowest BCUT2D eigenvalue weighted by molar-refractivity contribution is -0.150. The summed E-state index contributed by atoms with van der Waals surface area (Å²) >= 11 is 0. The number of nitrogens with zero attached hydrogens (tertiary/aromatic N) is 4. The van der Waals surface area contributed by atoms with Crippen molar-refractivity contribution in [2.75, 3.05) is 77.3 Å². The number of anilines is 1. The Hall–Kier alpha value is -6.48. The molecule has 14 nitrogen and oxygen atoms in total. The summed E-state index contributed by atoms with van der Waals surface area (Å²) in [6.45, 7) is 13.4. The van der Waals surface area contributed by atoms with Crippen LogP contribution in [0.2, 0.25) is 0 Å². The maximum atomic E-state index is 13.7. The Bertz CT molecular complexity index is 3250. The zero-order chi connectivity index (χ0) is 55.1. The summed E-state index contributed by atoms with van der Waals surface area (Å²) in [5.74, 6) is 1.84. The number of hydrogen-bond donors (Lipinski definition) is 1. The molecule has 1 unspecified atom stereocenters. The number of rotatable bonds is 23. The number of aromatic carboxylic acids is 1. The number of ether oxygens (including phenoxy) is 6. The monoisotopic (exact) mass is 1090 g/mol. The standard InChI is InChI=1S/C66H78N4O10/c1-42(2)11-4-19-59(72)79-49-14-5-15-52-50(27-25-49)43(3)67-68-61(52)44-20-23-48(24-21-44)78-38-37-77-36-35-76-34-33-75-32-10-18-58(71)45-22-26-51(55(39-45)66(73)74)60-56-40-46-12-6-28-69-30-8-16-53(62(46)69)64(56)80-65-54-17-9-31-70-29-7-13-47(63(54)70)41-57(60)65/h20-24,26,39-42,49H,4-19,25,27-38H2,1-3H3/p+1. The normalized spacial score (nSPS) is 17.1. The van der Waals surface area contributed by atoms with Crippen molar-refractivity contribution >= 4 is 29.0 Å². The van der Waals surface area contributed by atoms with E-state index >= 15 is 0 Å². The first-order valence-electron chi connectivity index (χ1n) is 29.9. The van der Waals surface area contributed by atoms with Crippen LogP contribution >= 0.6 is 0 Å². The Morgan fingerprint density at radius 1 is 0.700 bits per heavy atom. The first kappa shape index (κ1) is 55.4. The minimum Gasteiger partial charge on any atom is -0.491 e. The van der Waals surface area contributed by atoms with Gasteiger partial charge in [-0.1, -0.05) is 32.4 Å². The number of carboxylic acids is 1. The summed E-state index contributed by atoms with van der Waals surface area (Å²) in [7, 11) is 0. The van der Waals surface area contributed by atoms with Crippen LogP contribution in [0.25, 0.3) is 16.8 Å². The third-order valence-corrected chi connectivity index (χ3v) is 17.1. The van der Waals surface area contributed by atoms with E-state index in [0.717, 1.165) is 173 Å². The number of esters is 1. The molecule has 1 aromatic heterocycles. The highest BCUT2D eigenvalue weighted by molar-refractivity contribution is 6.03. The number of aryl methyl sites for hydroxylation is 3. The van der Waals surface area contributed by atoms with Crippen molar-refractivity contribution in [2.45, 2.75) is 142 Å². The van der Waals surface area contributed by atoms with Gasteiger partial charge in [0, 0.05) is 89.7 Å². The van der Waals surface area contributed by atoms with E-state index in [2.05, 4.69) is 45.7 Å². The molecule has 14 heteroatoms. The molecule has 6 aliphatic rings. The molecular weight excluding hydrogens is 1010 g/mol. The minimum absolute atomic E-state index is 0.0601. The number of fused-ring (bicyclic) bond motifs is 5. The highest BCUT2D eigenvalue weighted by Crippen LogP contribution is 2.49. The van der Waals surface area contributed by atoms with Gasteiger partial charge in [0.15, 0.2) is 5.78 Å². The first-order chi connectivity index (χ1) is 39.1. The van der Waals surface area contributed by atoms with E-state index in [0.29, 0.717) is 76.1 Å². The van der Waals surface area contributed by atoms with Crippen molar-refractivity contribution in [3.63, 3.8) is 0 Å². The van der Waals surface area contributed by atoms with Gasteiger partial charge in [-0.2, -0.15) is 5.10 Å². The largest absolute Gasteiger partial charge is 0.491 e. The number of carbonyl (C=O) groups excluding carboxylic acids is 2. The average molecular weight is 1090 g/mol. The summed E-state index contributed by atoms with van der Waals surface area (Å²) in [5.41, 5.74) is 14.7. The zero-order valence-electron chi connectivity index (χ0n) is 47.3. The Balaban J connectivity index is 0.628. The van der Waals surface area contributed by atoms with Gasteiger partial charge in [0.2, 0.25) is 5.36 Å². The lowest BCUT2D eigenvalue weighted by Gasteiger charge is -2.39. The fourth-order valence-corrected chi connectivity index (χ4v) is 13.3. The predicted molar refractivity (Wildman–Crippen MR) is 307 cm³/mol. The van der Waals surface area contributed by atoms with E-state index in [4.69, 9.17) is 28.4 Å². The van der Waals surface area contributed by atoms with Crippen molar-refractivity contribution in [1.82, 2.24) is 14.8 Å². The fraction of sp³-hybridized carbons (Fsp3) is 0.515. The molecule has 0 radical (unpaired) electrons. The number of carbonyl (C=O) groups is 3. The van der Waals surface area contributed by atoms with Gasteiger partial charge in [0.05, 0.1) is 55.5 Å². The first-order valence-corrected chi connectivity index (χ1v) is 29.9. The van der Waals surface area contributed by atoms with Crippen molar-refractivity contribution in [2.24, 2.45) is 5.92 Å². The summed E-state index contributed by atoms with van der Waals surface area (Å²) in [6.07, 6.45) is 15.4. The van der Waals surface area contributed by atoms with Gasteiger partial charge in [-0.05, 0) is 161 Å². The number of carboxylic acid groups (broad SMARTS) is 1. The molecule has 1 aliphatic carbocycles. The molecule has 0 fully saturated rings. The maximum Gasteiger partial charge on any atom is 0.336 e. The maximum absolute atomic E-state index is 13.7. The van der Waals surface area contributed by atoms with Crippen LogP contribution in [0.15, 0.2) is 54.6 Å². The van der Waals surface area contributed by atoms with Crippen LogP contribution in [0.5, 0.6) is 17.2 Å². The van der Waals surface area contributed by atoms with Gasteiger partial charge in [-0.25, -0.2) is 9.37 Å². The number of ketones is 1. The molecule has 1 atom stereocenters. The summed E-state index contributed by atoms with van der Waals surface area (Å²) in [4.78, 5) is 42.1. The summed E-state index contributed by atoms with van der Waals surface area (Å²) in [5, 5.41) is 22.4. The molecule has 422 valence electrons. The third-order valence-electron chi connectivity index (χ3n) is 17.1.